The van der Waals surface area contributed by atoms with Crippen molar-refractivity contribution in [3.8, 4) is 11.5 Å². The molecule has 0 bridgehead atoms. The first kappa shape index (κ1) is 25.8. The van der Waals surface area contributed by atoms with Gasteiger partial charge in [0.15, 0.2) is 17.5 Å². The van der Waals surface area contributed by atoms with Crippen LogP contribution in [0.5, 0.6) is 11.5 Å². The maximum atomic E-state index is 6.08. The molecule has 0 amide bonds. The summed E-state index contributed by atoms with van der Waals surface area (Å²) in [6, 6.07) is 7.68. The van der Waals surface area contributed by atoms with Gasteiger partial charge in [-0.05, 0) is 37.3 Å². The van der Waals surface area contributed by atoms with E-state index in [0.29, 0.717) is 12.5 Å². The van der Waals surface area contributed by atoms with Gasteiger partial charge in [0.25, 0.3) is 0 Å². The molecule has 1 aromatic rings. The van der Waals surface area contributed by atoms with Gasteiger partial charge in [0.1, 0.15) is 6.10 Å². The molecule has 166 valence electrons. The van der Waals surface area contributed by atoms with Crippen molar-refractivity contribution in [1.82, 2.24) is 10.6 Å². The van der Waals surface area contributed by atoms with Crippen LogP contribution in [0.15, 0.2) is 29.3 Å². The number of benzene rings is 1. The molecular weight excluding hydrogens is 481 g/mol. The fourth-order valence-corrected chi connectivity index (χ4v) is 3.67. The van der Waals surface area contributed by atoms with Gasteiger partial charge in [0.05, 0.1) is 19.8 Å². The van der Waals surface area contributed by atoms with Crippen molar-refractivity contribution in [3.05, 3.63) is 24.3 Å². The van der Waals surface area contributed by atoms with E-state index in [0.717, 1.165) is 37.0 Å². The van der Waals surface area contributed by atoms with Crippen LogP contribution >= 0.6 is 24.0 Å². The molecule has 1 fully saturated rings. The Morgan fingerprint density at radius 1 is 1.24 bits per heavy atom. The molecule has 0 spiro atoms. The zero-order valence-electron chi connectivity index (χ0n) is 18.7. The van der Waals surface area contributed by atoms with E-state index in [-0.39, 0.29) is 41.6 Å². The first-order chi connectivity index (χ1) is 13.3. The predicted octanol–water partition coefficient (Wildman–Crippen LogP) is 4.09. The maximum absolute atomic E-state index is 6.08. The Balaban J connectivity index is 0.00000420. The number of ether oxygens (including phenoxy) is 3. The van der Waals surface area contributed by atoms with Crippen LogP contribution in [0.2, 0.25) is 0 Å². The number of rotatable bonds is 7. The normalized spacial score (nSPS) is 21.0. The Hall–Kier alpha value is -1.22. The lowest BCUT2D eigenvalue weighted by Gasteiger charge is -2.40. The maximum Gasteiger partial charge on any atom is 0.191 e. The second kappa shape index (κ2) is 12.5. The number of hydrogen-bond acceptors (Lipinski definition) is 4. The summed E-state index contributed by atoms with van der Waals surface area (Å²) < 4.78 is 17.4. The molecule has 1 aliphatic rings. The van der Waals surface area contributed by atoms with Gasteiger partial charge >= 0.3 is 0 Å². The van der Waals surface area contributed by atoms with Crippen molar-refractivity contribution in [1.29, 1.82) is 0 Å². The predicted molar refractivity (Wildman–Crippen MR) is 130 cm³/mol. The summed E-state index contributed by atoms with van der Waals surface area (Å²) in [6.45, 7) is 11.1. The second-order valence-corrected chi connectivity index (χ2v) is 8.47. The third kappa shape index (κ3) is 8.20. The number of halogens is 1. The van der Waals surface area contributed by atoms with Crippen molar-refractivity contribution in [3.63, 3.8) is 0 Å². The molecule has 2 N–H and O–H groups in total. The molecule has 3 unspecified atom stereocenters. The number of hydrogen-bond donors (Lipinski definition) is 2. The van der Waals surface area contributed by atoms with E-state index in [2.05, 4.69) is 36.4 Å². The van der Waals surface area contributed by atoms with E-state index in [1.165, 1.54) is 6.42 Å². The summed E-state index contributed by atoms with van der Waals surface area (Å²) in [7, 11) is 3.44. The quantitative estimate of drug-likeness (QED) is 0.323. The molecule has 1 heterocycles. The van der Waals surface area contributed by atoms with Crippen molar-refractivity contribution < 1.29 is 14.2 Å². The minimum Gasteiger partial charge on any atom is -0.493 e. The second-order valence-electron chi connectivity index (χ2n) is 8.47. The van der Waals surface area contributed by atoms with E-state index in [4.69, 9.17) is 14.2 Å². The van der Waals surface area contributed by atoms with Crippen LogP contribution < -0.4 is 20.1 Å². The number of methoxy groups -OCH3 is 1. The molecule has 0 aliphatic carbocycles. The lowest BCUT2D eigenvalue weighted by atomic mass is 9.78. The van der Waals surface area contributed by atoms with Gasteiger partial charge in [-0.1, -0.05) is 32.9 Å². The molecule has 7 heteroatoms. The van der Waals surface area contributed by atoms with Crippen LogP contribution in [-0.2, 0) is 4.74 Å². The Bertz CT molecular complexity index is 634. The molecule has 1 aliphatic heterocycles. The average molecular weight is 519 g/mol. The zero-order valence-corrected chi connectivity index (χ0v) is 21.0. The van der Waals surface area contributed by atoms with Crippen LogP contribution in [-0.4, -0.2) is 52.0 Å². The third-order valence-electron chi connectivity index (χ3n) is 5.01. The number of nitrogens with one attached hydrogen (secondary N) is 2. The summed E-state index contributed by atoms with van der Waals surface area (Å²) in [4.78, 5) is 4.35. The highest BCUT2D eigenvalue weighted by Gasteiger charge is 2.35. The molecule has 0 radical (unpaired) electrons. The van der Waals surface area contributed by atoms with Gasteiger partial charge in [0, 0.05) is 26.1 Å². The smallest absolute Gasteiger partial charge is 0.191 e. The largest absolute Gasteiger partial charge is 0.493 e. The van der Waals surface area contributed by atoms with Crippen molar-refractivity contribution in [2.45, 2.75) is 52.7 Å². The van der Waals surface area contributed by atoms with Crippen LogP contribution in [0, 0.1) is 11.3 Å². The minimum absolute atomic E-state index is 0. The lowest BCUT2D eigenvalue weighted by Crippen LogP contribution is -2.48. The summed E-state index contributed by atoms with van der Waals surface area (Å²) in [5.74, 6) is 2.75. The van der Waals surface area contributed by atoms with Crippen LogP contribution in [0.1, 0.15) is 40.5 Å². The van der Waals surface area contributed by atoms with Gasteiger partial charge in [-0.25, -0.2) is 0 Å². The number of guanidine groups is 1. The molecule has 0 saturated carbocycles. The number of nitrogens with zero attached hydrogens (tertiary/aromatic N) is 1. The molecule has 2 rings (SSSR count). The fraction of sp³-hybridized carbons (Fsp3) is 0.682. The number of aliphatic imine (C=N–C) groups is 1. The Labute approximate surface area is 193 Å². The standard InChI is InChI=1S/C22H37N3O3.HI/c1-16(28-19-12-8-7-11-18(19)26-6)14-24-21(23-5)25-15-17-10-9-13-27-20(17)22(2,3)4;/h7-8,11-12,16-17,20H,9-10,13-15H2,1-6H3,(H2,23,24,25);1H. The lowest BCUT2D eigenvalue weighted by molar-refractivity contribution is -0.0835. The first-order valence-electron chi connectivity index (χ1n) is 10.2. The highest BCUT2D eigenvalue weighted by Crippen LogP contribution is 2.33. The molecule has 0 aromatic heterocycles. The first-order valence-corrected chi connectivity index (χ1v) is 10.2. The van der Waals surface area contributed by atoms with Crippen molar-refractivity contribution in [2.75, 3.05) is 33.9 Å². The zero-order chi connectivity index (χ0) is 20.6. The van der Waals surface area contributed by atoms with E-state index >= 15 is 0 Å². The topological polar surface area (TPSA) is 64.1 Å². The minimum atomic E-state index is -0.0322. The SMILES string of the molecule is CN=C(NCC(C)Oc1ccccc1OC)NCC1CCCOC1C(C)(C)C.I. The summed E-state index contributed by atoms with van der Waals surface area (Å²) >= 11 is 0. The molecule has 6 nitrogen and oxygen atoms in total. The van der Waals surface area contributed by atoms with Gasteiger partial charge < -0.3 is 24.8 Å². The summed E-state index contributed by atoms with van der Waals surface area (Å²) in [6.07, 6.45) is 2.53. The third-order valence-corrected chi connectivity index (χ3v) is 5.01. The number of para-hydroxylation sites is 2. The van der Waals surface area contributed by atoms with Gasteiger partial charge in [-0.3, -0.25) is 4.99 Å². The molecule has 29 heavy (non-hydrogen) atoms. The summed E-state index contributed by atoms with van der Waals surface area (Å²) in [5, 5.41) is 6.81. The molecule has 1 aromatic carbocycles. The van der Waals surface area contributed by atoms with E-state index in [1.807, 2.05) is 31.2 Å². The monoisotopic (exact) mass is 519 g/mol. The van der Waals surface area contributed by atoms with Crippen LogP contribution in [0.4, 0.5) is 0 Å². The van der Waals surface area contributed by atoms with Crippen molar-refractivity contribution in [2.24, 2.45) is 16.3 Å². The van der Waals surface area contributed by atoms with Crippen LogP contribution in [0.25, 0.3) is 0 Å². The van der Waals surface area contributed by atoms with Gasteiger partial charge in [-0.2, -0.15) is 0 Å². The fourth-order valence-electron chi connectivity index (χ4n) is 3.67. The van der Waals surface area contributed by atoms with Crippen LogP contribution in [0.3, 0.4) is 0 Å². The highest BCUT2D eigenvalue weighted by molar-refractivity contribution is 14.0. The highest BCUT2D eigenvalue weighted by atomic mass is 127. The van der Waals surface area contributed by atoms with E-state index in [1.54, 1.807) is 14.2 Å². The average Bonchev–Trinajstić information content (AvgIpc) is 2.68. The molecule has 3 atom stereocenters. The van der Waals surface area contributed by atoms with Crippen molar-refractivity contribution >= 4 is 29.9 Å². The van der Waals surface area contributed by atoms with Gasteiger partial charge in [0.2, 0.25) is 0 Å². The van der Waals surface area contributed by atoms with E-state index < -0.39 is 0 Å². The van der Waals surface area contributed by atoms with Gasteiger partial charge in [-0.15, -0.1) is 24.0 Å². The Morgan fingerprint density at radius 3 is 2.55 bits per heavy atom. The molecule has 1 saturated heterocycles. The Kier molecular flexibility index (Phi) is 11.1. The Morgan fingerprint density at radius 2 is 1.93 bits per heavy atom. The van der Waals surface area contributed by atoms with E-state index in [9.17, 15) is 0 Å². The molecular formula is C22H38IN3O3. The summed E-state index contributed by atoms with van der Waals surface area (Å²) in [5.41, 5.74) is 0.140.